The summed E-state index contributed by atoms with van der Waals surface area (Å²) in [7, 11) is 1.46. The van der Waals surface area contributed by atoms with Crippen LogP contribution in [0.25, 0.3) is 33.4 Å². The quantitative estimate of drug-likeness (QED) is 0.258. The molecule has 5 rings (SSSR count). The Labute approximate surface area is 200 Å². The number of aliphatic hydroxyl groups excluding tert-OH is 1. The molecular formula is C26H22N4O5. The lowest BCUT2D eigenvalue weighted by Gasteiger charge is -2.14. The third kappa shape index (κ3) is 4.58. The summed E-state index contributed by atoms with van der Waals surface area (Å²) >= 11 is 0. The molecule has 5 aromatic rings. The summed E-state index contributed by atoms with van der Waals surface area (Å²) in [6.45, 7) is -1.99. The highest BCUT2D eigenvalue weighted by atomic mass is 16.7. The van der Waals surface area contributed by atoms with Gasteiger partial charge in [0.25, 0.3) is 0 Å². The van der Waals surface area contributed by atoms with E-state index in [-0.39, 0.29) is 5.75 Å². The second-order valence-electron chi connectivity index (χ2n) is 7.64. The Morgan fingerprint density at radius 2 is 1.57 bits per heavy atom. The summed E-state index contributed by atoms with van der Waals surface area (Å²) < 4.78 is 16.2. The number of aromatic nitrogens is 3. The van der Waals surface area contributed by atoms with E-state index in [2.05, 4.69) is 10.2 Å². The van der Waals surface area contributed by atoms with E-state index in [1.165, 1.54) is 7.11 Å². The van der Waals surface area contributed by atoms with Gasteiger partial charge in [-0.1, -0.05) is 18.2 Å². The number of nitrogens with zero attached hydrogens (tertiary/aromatic N) is 2. The van der Waals surface area contributed by atoms with Gasteiger partial charge in [-0.25, -0.2) is 4.98 Å². The molecule has 35 heavy (non-hydrogen) atoms. The van der Waals surface area contributed by atoms with E-state index in [1.54, 1.807) is 18.2 Å². The number of nitrogens with two attached hydrogens (primary N) is 1. The lowest BCUT2D eigenvalue weighted by atomic mass is 10.0. The van der Waals surface area contributed by atoms with Crippen LogP contribution in [0.3, 0.4) is 0 Å². The number of rotatable bonds is 7. The zero-order valence-corrected chi connectivity index (χ0v) is 18.7. The van der Waals surface area contributed by atoms with Gasteiger partial charge in [0.05, 0.1) is 29.4 Å². The normalized spacial score (nSPS) is 11.1. The van der Waals surface area contributed by atoms with Crippen LogP contribution in [0, 0.1) is 0 Å². The fourth-order valence-corrected chi connectivity index (χ4v) is 3.77. The molecule has 5 N–H and O–H groups in total. The van der Waals surface area contributed by atoms with Gasteiger partial charge in [-0.3, -0.25) is 5.10 Å². The lowest BCUT2D eigenvalue weighted by molar-refractivity contribution is -0.180. The van der Waals surface area contributed by atoms with E-state index >= 15 is 0 Å². The minimum absolute atomic E-state index is 0.162. The molecule has 0 radical (unpaired) electrons. The van der Waals surface area contributed by atoms with E-state index in [1.807, 2.05) is 60.7 Å². The van der Waals surface area contributed by atoms with Crippen molar-refractivity contribution in [2.24, 2.45) is 0 Å². The number of aromatic amines is 1. The molecule has 0 atom stereocenters. The van der Waals surface area contributed by atoms with Gasteiger partial charge >= 0.3 is 6.48 Å². The van der Waals surface area contributed by atoms with Crippen molar-refractivity contribution in [3.63, 3.8) is 0 Å². The fourth-order valence-electron chi connectivity index (χ4n) is 3.77. The molecule has 0 saturated heterocycles. The maximum atomic E-state index is 9.26. The molecule has 0 saturated carbocycles. The number of methoxy groups -OCH3 is 1. The average Bonchev–Trinajstić information content (AvgIpc) is 3.25. The van der Waals surface area contributed by atoms with Crippen LogP contribution in [0.1, 0.15) is 0 Å². The predicted octanol–water partition coefficient (Wildman–Crippen LogP) is 4.32. The maximum absolute atomic E-state index is 9.26. The highest BCUT2D eigenvalue weighted by Crippen LogP contribution is 2.37. The van der Waals surface area contributed by atoms with Gasteiger partial charge in [-0.15, -0.1) is 0 Å². The molecule has 0 bridgehead atoms. The van der Waals surface area contributed by atoms with Crippen LogP contribution >= 0.6 is 0 Å². The Kier molecular flexibility index (Phi) is 5.92. The number of pyridine rings is 1. The number of fused-ring (bicyclic) bond motifs is 1. The highest BCUT2D eigenvalue weighted by Gasteiger charge is 2.17. The number of hydrogen-bond donors (Lipinski definition) is 4. The van der Waals surface area contributed by atoms with Gasteiger partial charge in [-0.05, 0) is 60.7 Å². The van der Waals surface area contributed by atoms with E-state index in [9.17, 15) is 10.2 Å². The van der Waals surface area contributed by atoms with Gasteiger partial charge < -0.3 is 30.2 Å². The number of H-pyrrole nitrogens is 1. The fraction of sp³-hybridized carbons (Fsp3) is 0.0769. The summed E-state index contributed by atoms with van der Waals surface area (Å²) in [5.74, 6) is 2.28. The van der Waals surface area contributed by atoms with Crippen LogP contribution in [0.4, 0.5) is 5.82 Å². The summed E-state index contributed by atoms with van der Waals surface area (Å²) in [4.78, 5) is 4.86. The minimum atomic E-state index is -1.99. The van der Waals surface area contributed by atoms with Crippen molar-refractivity contribution >= 4 is 16.7 Å². The second-order valence-corrected chi connectivity index (χ2v) is 7.64. The van der Waals surface area contributed by atoms with Crippen molar-refractivity contribution in [1.82, 2.24) is 15.2 Å². The highest BCUT2D eigenvalue weighted by molar-refractivity contribution is 6.01. The largest absolute Gasteiger partial charge is 0.493 e. The van der Waals surface area contributed by atoms with Crippen molar-refractivity contribution in [3.8, 4) is 45.5 Å². The Balaban J connectivity index is 1.56. The van der Waals surface area contributed by atoms with Gasteiger partial charge in [-0.2, -0.15) is 5.10 Å². The Hall–Kier alpha value is -4.60. The van der Waals surface area contributed by atoms with Gasteiger partial charge in [0.15, 0.2) is 17.3 Å². The average molecular weight is 470 g/mol. The molecule has 2 heterocycles. The van der Waals surface area contributed by atoms with Crippen LogP contribution in [0.15, 0.2) is 78.9 Å². The van der Waals surface area contributed by atoms with Gasteiger partial charge in [0.1, 0.15) is 11.5 Å². The molecule has 0 spiro atoms. The first-order valence-electron chi connectivity index (χ1n) is 10.7. The summed E-state index contributed by atoms with van der Waals surface area (Å²) in [5.41, 5.74) is 9.58. The molecule has 2 aromatic heterocycles. The summed E-state index contributed by atoms with van der Waals surface area (Å²) in [6, 6.07) is 23.9. The molecule has 0 amide bonds. The third-order valence-corrected chi connectivity index (χ3v) is 5.37. The number of nitrogen functional groups attached to an aromatic ring is 1. The van der Waals surface area contributed by atoms with Crippen molar-refractivity contribution in [1.29, 1.82) is 0 Å². The van der Waals surface area contributed by atoms with Crippen molar-refractivity contribution in [2.45, 2.75) is 6.48 Å². The van der Waals surface area contributed by atoms with Crippen LogP contribution in [0.5, 0.6) is 23.0 Å². The number of para-hydroxylation sites is 1. The first-order chi connectivity index (χ1) is 17.0. The number of ether oxygens (including phenoxy) is 3. The molecule has 0 fully saturated rings. The van der Waals surface area contributed by atoms with Crippen LogP contribution < -0.4 is 19.9 Å². The standard InChI is InChI=1S/C26H22N4O5/c1-33-21-12-9-16(13-22(21)35-26(31)32)19-14-20-23(25(27)30-29-20)24(28-19)15-7-10-18(11-8-15)34-17-5-3-2-4-6-17/h2-14,26,31-32H,1H3,(H3,27,29,30). The Morgan fingerprint density at radius 1 is 0.857 bits per heavy atom. The first-order valence-corrected chi connectivity index (χ1v) is 10.7. The predicted molar refractivity (Wildman–Crippen MR) is 131 cm³/mol. The van der Waals surface area contributed by atoms with Crippen LogP contribution in [0.2, 0.25) is 0 Å². The molecule has 3 aromatic carbocycles. The molecule has 176 valence electrons. The Morgan fingerprint density at radius 3 is 2.29 bits per heavy atom. The molecule has 0 aliphatic heterocycles. The van der Waals surface area contributed by atoms with E-state index < -0.39 is 6.48 Å². The van der Waals surface area contributed by atoms with Gasteiger partial charge in [0.2, 0.25) is 0 Å². The minimum Gasteiger partial charge on any atom is -0.493 e. The molecule has 9 heteroatoms. The second kappa shape index (κ2) is 9.34. The van der Waals surface area contributed by atoms with Crippen molar-refractivity contribution in [3.05, 3.63) is 78.9 Å². The molecule has 0 unspecified atom stereocenters. The van der Waals surface area contributed by atoms with Crippen molar-refractivity contribution in [2.75, 3.05) is 12.8 Å². The SMILES string of the molecule is COc1ccc(-c2cc3[nH]nc(N)c3c(-c3ccc(Oc4ccccc4)cc3)n2)cc1OC(O)O. The number of benzene rings is 3. The van der Waals surface area contributed by atoms with Crippen LogP contribution in [-0.4, -0.2) is 39.0 Å². The van der Waals surface area contributed by atoms with E-state index in [4.69, 9.17) is 24.9 Å². The van der Waals surface area contributed by atoms with E-state index in [0.717, 1.165) is 11.3 Å². The smallest absolute Gasteiger partial charge is 0.310 e. The number of aliphatic hydroxyl groups is 2. The van der Waals surface area contributed by atoms with Gasteiger partial charge in [0, 0.05) is 11.1 Å². The third-order valence-electron chi connectivity index (χ3n) is 5.37. The molecule has 0 aliphatic rings. The van der Waals surface area contributed by atoms with E-state index in [0.29, 0.717) is 45.2 Å². The monoisotopic (exact) mass is 470 g/mol. The topological polar surface area (TPSA) is 136 Å². The maximum Gasteiger partial charge on any atom is 0.310 e. The molecule has 0 aliphatic carbocycles. The van der Waals surface area contributed by atoms with Crippen molar-refractivity contribution < 1.29 is 24.4 Å². The summed E-state index contributed by atoms with van der Waals surface area (Å²) in [5, 5.41) is 26.3. The first kappa shape index (κ1) is 22.2. The number of anilines is 1. The molecular weight excluding hydrogens is 448 g/mol. The Bertz CT molecular complexity index is 1470. The zero-order chi connectivity index (χ0) is 24.4. The molecule has 9 nitrogen and oxygen atoms in total. The lowest BCUT2D eigenvalue weighted by Crippen LogP contribution is -2.14. The zero-order valence-electron chi connectivity index (χ0n) is 18.7. The summed E-state index contributed by atoms with van der Waals surface area (Å²) in [6.07, 6.45) is 0. The number of hydrogen-bond acceptors (Lipinski definition) is 8. The van der Waals surface area contributed by atoms with Crippen LogP contribution in [-0.2, 0) is 0 Å². The number of nitrogens with one attached hydrogen (secondary N) is 1.